The highest BCUT2D eigenvalue weighted by Gasteiger charge is 2.09. The Bertz CT molecular complexity index is 753. The minimum atomic E-state index is -0.107. The molecule has 3 rings (SSSR count). The molecule has 0 aliphatic rings. The first kappa shape index (κ1) is 10.9. The third-order valence-electron chi connectivity index (χ3n) is 3.13. The maximum Gasteiger partial charge on any atom is 0.129 e. The van der Waals surface area contributed by atoms with Gasteiger partial charge in [0.25, 0.3) is 0 Å². The van der Waals surface area contributed by atoms with Crippen LogP contribution in [0.4, 0.5) is 5.82 Å². The molecule has 0 aliphatic carbocycles. The zero-order chi connectivity index (χ0) is 12.7. The third-order valence-corrected chi connectivity index (χ3v) is 3.13. The molecular weight excluding hydrogens is 226 g/mol. The van der Waals surface area contributed by atoms with E-state index in [0.717, 1.165) is 27.5 Å². The molecule has 2 heterocycles. The van der Waals surface area contributed by atoms with Crippen molar-refractivity contribution in [1.29, 1.82) is 0 Å². The Morgan fingerprint density at radius 3 is 2.72 bits per heavy atom. The van der Waals surface area contributed by atoms with E-state index >= 15 is 0 Å². The summed E-state index contributed by atoms with van der Waals surface area (Å²) in [4.78, 5) is 8.87. The molecule has 0 spiro atoms. The number of hydrogen-bond acceptors (Lipinski definition) is 4. The molecule has 0 amide bonds. The van der Waals surface area contributed by atoms with Crippen molar-refractivity contribution in [1.82, 2.24) is 9.97 Å². The number of rotatable bonds is 1. The average molecular weight is 239 g/mol. The van der Waals surface area contributed by atoms with E-state index in [9.17, 15) is 5.11 Å². The molecule has 18 heavy (non-hydrogen) atoms. The summed E-state index contributed by atoms with van der Waals surface area (Å²) in [5.74, 6) is 0.366. The minimum Gasteiger partial charge on any atom is -0.392 e. The number of hydrogen-bond donors (Lipinski definition) is 2. The molecule has 0 fully saturated rings. The predicted octanol–water partition coefficient (Wildman–Crippen LogP) is 2.17. The Kier molecular flexibility index (Phi) is 2.38. The molecule has 0 radical (unpaired) electrons. The van der Waals surface area contributed by atoms with Crippen LogP contribution in [0.2, 0.25) is 0 Å². The number of nitrogens with zero attached hydrogens (tertiary/aromatic N) is 2. The van der Waals surface area contributed by atoms with Crippen molar-refractivity contribution >= 4 is 27.6 Å². The number of benzene rings is 1. The highest BCUT2D eigenvalue weighted by atomic mass is 16.3. The Hall–Kier alpha value is -2.20. The van der Waals surface area contributed by atoms with Gasteiger partial charge in [0.2, 0.25) is 0 Å². The summed E-state index contributed by atoms with van der Waals surface area (Å²) in [5.41, 5.74) is 9.03. The number of aromatic nitrogens is 2. The molecule has 2 aromatic heterocycles. The van der Waals surface area contributed by atoms with Gasteiger partial charge < -0.3 is 10.8 Å². The lowest BCUT2D eigenvalue weighted by Gasteiger charge is -2.09. The molecule has 0 aliphatic heterocycles. The highest BCUT2D eigenvalue weighted by Crippen LogP contribution is 2.27. The molecule has 0 saturated heterocycles. The molecule has 1 aromatic carbocycles. The summed E-state index contributed by atoms with van der Waals surface area (Å²) >= 11 is 0. The lowest BCUT2D eigenvalue weighted by Crippen LogP contribution is -2.00. The largest absolute Gasteiger partial charge is 0.392 e. The molecule has 90 valence electrons. The fourth-order valence-corrected chi connectivity index (χ4v) is 2.21. The van der Waals surface area contributed by atoms with Crippen LogP contribution >= 0.6 is 0 Å². The number of fused-ring (bicyclic) bond motifs is 3. The van der Waals surface area contributed by atoms with Crippen LogP contribution < -0.4 is 5.73 Å². The van der Waals surface area contributed by atoms with Gasteiger partial charge in [-0.3, -0.25) is 4.98 Å². The number of nitrogens with two attached hydrogens (primary N) is 1. The van der Waals surface area contributed by atoms with Gasteiger partial charge in [0.05, 0.1) is 23.3 Å². The van der Waals surface area contributed by atoms with Gasteiger partial charge in [-0.1, -0.05) is 18.2 Å². The summed E-state index contributed by atoms with van der Waals surface area (Å²) < 4.78 is 0. The first-order valence-corrected chi connectivity index (χ1v) is 5.76. The van der Waals surface area contributed by atoms with Crippen LogP contribution in [0, 0.1) is 6.92 Å². The van der Waals surface area contributed by atoms with Crippen molar-refractivity contribution in [3.63, 3.8) is 0 Å². The summed E-state index contributed by atoms with van der Waals surface area (Å²) in [6, 6.07) is 9.79. The fourth-order valence-electron chi connectivity index (χ4n) is 2.21. The van der Waals surface area contributed by atoms with Crippen LogP contribution in [-0.4, -0.2) is 15.1 Å². The number of anilines is 1. The van der Waals surface area contributed by atoms with Crippen molar-refractivity contribution in [3.05, 3.63) is 41.6 Å². The normalized spacial score (nSPS) is 11.2. The van der Waals surface area contributed by atoms with Crippen molar-refractivity contribution in [2.45, 2.75) is 13.5 Å². The van der Waals surface area contributed by atoms with E-state index in [0.29, 0.717) is 11.4 Å². The minimum absolute atomic E-state index is 0.107. The van der Waals surface area contributed by atoms with E-state index in [-0.39, 0.29) is 6.61 Å². The fraction of sp³-hybridized carbons (Fsp3) is 0.143. The van der Waals surface area contributed by atoms with Crippen LogP contribution in [0.25, 0.3) is 21.8 Å². The maximum atomic E-state index is 9.28. The Labute approximate surface area is 104 Å². The quantitative estimate of drug-likeness (QED) is 0.638. The van der Waals surface area contributed by atoms with Gasteiger partial charge >= 0.3 is 0 Å². The van der Waals surface area contributed by atoms with Crippen LogP contribution in [0.15, 0.2) is 30.3 Å². The Balaban J connectivity index is 2.54. The van der Waals surface area contributed by atoms with Crippen molar-refractivity contribution in [2.75, 3.05) is 5.73 Å². The van der Waals surface area contributed by atoms with Gasteiger partial charge in [-0.15, -0.1) is 0 Å². The number of pyridine rings is 2. The molecule has 4 nitrogen and oxygen atoms in total. The average Bonchev–Trinajstić information content (AvgIpc) is 2.39. The second-order valence-corrected chi connectivity index (χ2v) is 4.30. The molecule has 0 bridgehead atoms. The van der Waals surface area contributed by atoms with Gasteiger partial charge in [-0.25, -0.2) is 4.98 Å². The Morgan fingerprint density at radius 2 is 1.94 bits per heavy atom. The number of aliphatic hydroxyl groups excluding tert-OH is 1. The van der Waals surface area contributed by atoms with E-state index in [4.69, 9.17) is 5.73 Å². The molecule has 4 heteroatoms. The number of para-hydroxylation sites is 1. The summed E-state index contributed by atoms with van der Waals surface area (Å²) in [6.45, 7) is 1.81. The van der Waals surface area contributed by atoms with Gasteiger partial charge in [-0.05, 0) is 19.1 Å². The van der Waals surface area contributed by atoms with Crippen LogP contribution in [-0.2, 0) is 6.61 Å². The molecule has 0 unspecified atom stereocenters. The van der Waals surface area contributed by atoms with E-state index in [1.807, 2.05) is 37.3 Å². The van der Waals surface area contributed by atoms with Gasteiger partial charge in [0.1, 0.15) is 5.82 Å². The number of aliphatic hydroxyl groups is 1. The SMILES string of the molecule is Cc1nc2ccccc2c2cc(CO)c(N)nc12. The lowest BCUT2D eigenvalue weighted by molar-refractivity contribution is 0.282. The first-order valence-electron chi connectivity index (χ1n) is 5.76. The topological polar surface area (TPSA) is 72.0 Å². The monoisotopic (exact) mass is 239 g/mol. The first-order chi connectivity index (χ1) is 8.70. The predicted molar refractivity (Wildman–Crippen MR) is 72.1 cm³/mol. The summed E-state index contributed by atoms with van der Waals surface area (Å²) in [6.07, 6.45) is 0. The zero-order valence-electron chi connectivity index (χ0n) is 10.0. The maximum absolute atomic E-state index is 9.28. The highest BCUT2D eigenvalue weighted by molar-refractivity contribution is 6.05. The van der Waals surface area contributed by atoms with Gasteiger partial charge in [0.15, 0.2) is 0 Å². The summed E-state index contributed by atoms with van der Waals surface area (Å²) in [5, 5.41) is 11.3. The van der Waals surface area contributed by atoms with Crippen LogP contribution in [0.5, 0.6) is 0 Å². The van der Waals surface area contributed by atoms with E-state index in [2.05, 4.69) is 9.97 Å². The van der Waals surface area contributed by atoms with Crippen molar-refractivity contribution in [3.8, 4) is 0 Å². The number of nitrogen functional groups attached to an aromatic ring is 1. The van der Waals surface area contributed by atoms with E-state index in [1.165, 1.54) is 0 Å². The Morgan fingerprint density at radius 1 is 1.17 bits per heavy atom. The molecule has 3 N–H and O–H groups in total. The lowest BCUT2D eigenvalue weighted by atomic mass is 10.1. The van der Waals surface area contributed by atoms with E-state index < -0.39 is 0 Å². The summed E-state index contributed by atoms with van der Waals surface area (Å²) in [7, 11) is 0. The second-order valence-electron chi connectivity index (χ2n) is 4.30. The molecule has 0 saturated carbocycles. The third kappa shape index (κ3) is 1.50. The van der Waals surface area contributed by atoms with Crippen LogP contribution in [0.1, 0.15) is 11.3 Å². The van der Waals surface area contributed by atoms with Crippen molar-refractivity contribution < 1.29 is 5.11 Å². The standard InChI is InChI=1S/C14H13N3O/c1-8-13-11(6-9(7-18)14(15)17-13)10-4-2-3-5-12(10)16-8/h2-6,18H,7H2,1H3,(H2,15,17). The van der Waals surface area contributed by atoms with Crippen molar-refractivity contribution in [2.24, 2.45) is 0 Å². The molecular formula is C14H13N3O. The van der Waals surface area contributed by atoms with E-state index in [1.54, 1.807) is 0 Å². The molecule has 3 aromatic rings. The number of aryl methyl sites for hydroxylation is 1. The molecule has 0 atom stereocenters. The second kappa shape index (κ2) is 3.92. The smallest absolute Gasteiger partial charge is 0.129 e. The van der Waals surface area contributed by atoms with Gasteiger partial charge in [-0.2, -0.15) is 0 Å². The zero-order valence-corrected chi connectivity index (χ0v) is 10.0. The van der Waals surface area contributed by atoms with Crippen LogP contribution in [0.3, 0.4) is 0 Å². The van der Waals surface area contributed by atoms with Gasteiger partial charge in [0, 0.05) is 16.3 Å².